The van der Waals surface area contributed by atoms with Crippen molar-refractivity contribution in [2.45, 2.75) is 0 Å². The van der Waals surface area contributed by atoms with Gasteiger partial charge >= 0.3 is 5.97 Å². The maximum absolute atomic E-state index is 11.8. The van der Waals surface area contributed by atoms with Crippen molar-refractivity contribution in [1.29, 1.82) is 0 Å². The molecule has 1 aromatic heterocycles. The second kappa shape index (κ2) is 6.68. The van der Waals surface area contributed by atoms with E-state index in [1.165, 1.54) is 14.2 Å². The number of aromatic nitrogens is 1. The molecule has 0 amide bonds. The van der Waals surface area contributed by atoms with Gasteiger partial charge in [-0.15, -0.1) is 0 Å². The summed E-state index contributed by atoms with van der Waals surface area (Å²) in [6.45, 7) is 0. The fourth-order valence-corrected chi connectivity index (χ4v) is 2.66. The molecule has 0 unspecified atom stereocenters. The lowest BCUT2D eigenvalue weighted by molar-refractivity contribution is 0.0698. The highest BCUT2D eigenvalue weighted by molar-refractivity contribution is 6.06. The van der Waals surface area contributed by atoms with Crippen LogP contribution in [0.25, 0.3) is 22.2 Å². The van der Waals surface area contributed by atoms with E-state index in [0.717, 1.165) is 5.56 Å². The fraction of sp³-hybridized carbons (Fsp3) is 0.158. The summed E-state index contributed by atoms with van der Waals surface area (Å²) < 4.78 is 15.7. The Hall–Kier alpha value is -3.28. The Bertz CT molecular complexity index is 935. The van der Waals surface area contributed by atoms with Crippen molar-refractivity contribution in [3.63, 3.8) is 0 Å². The molecule has 0 aliphatic rings. The molecule has 3 aromatic rings. The van der Waals surface area contributed by atoms with Crippen LogP contribution in [0.5, 0.6) is 17.2 Å². The summed E-state index contributed by atoms with van der Waals surface area (Å²) >= 11 is 0. The number of carboxylic acid groups (broad SMARTS) is 1. The van der Waals surface area contributed by atoms with Crippen molar-refractivity contribution in [3.8, 4) is 28.5 Å². The second-order valence-corrected chi connectivity index (χ2v) is 5.31. The van der Waals surface area contributed by atoms with Crippen LogP contribution in [0.15, 0.2) is 42.5 Å². The first-order valence-corrected chi connectivity index (χ1v) is 7.52. The summed E-state index contributed by atoms with van der Waals surface area (Å²) in [5.74, 6) is 0.609. The van der Waals surface area contributed by atoms with Gasteiger partial charge in [-0.3, -0.25) is 0 Å². The monoisotopic (exact) mass is 339 g/mol. The number of methoxy groups -OCH3 is 3. The minimum absolute atomic E-state index is 0.121. The Kier molecular flexibility index (Phi) is 4.43. The largest absolute Gasteiger partial charge is 0.497 e. The molecule has 6 heteroatoms. The maximum atomic E-state index is 11.8. The third-order valence-corrected chi connectivity index (χ3v) is 3.92. The molecule has 0 radical (unpaired) electrons. The molecule has 6 nitrogen and oxygen atoms in total. The maximum Gasteiger partial charge on any atom is 0.336 e. The number of ether oxygens (including phenoxy) is 3. The lowest BCUT2D eigenvalue weighted by Gasteiger charge is -2.12. The van der Waals surface area contributed by atoms with Gasteiger partial charge in [-0.25, -0.2) is 9.78 Å². The molecule has 0 bridgehead atoms. The number of hydrogen-bond acceptors (Lipinski definition) is 5. The van der Waals surface area contributed by atoms with Crippen LogP contribution in [0, 0.1) is 0 Å². The zero-order chi connectivity index (χ0) is 18.0. The SMILES string of the molecule is COc1ccc(-c2cc(C(=O)O)c3c(OC)cc(OC)cc3n2)cc1. The number of carbonyl (C=O) groups is 1. The van der Waals surface area contributed by atoms with Crippen LogP contribution in [-0.2, 0) is 0 Å². The van der Waals surface area contributed by atoms with Crippen molar-refractivity contribution in [3.05, 3.63) is 48.0 Å². The second-order valence-electron chi connectivity index (χ2n) is 5.31. The van der Waals surface area contributed by atoms with E-state index in [9.17, 15) is 9.90 Å². The smallest absolute Gasteiger partial charge is 0.336 e. The minimum Gasteiger partial charge on any atom is -0.497 e. The zero-order valence-corrected chi connectivity index (χ0v) is 14.1. The molecular weight excluding hydrogens is 322 g/mol. The van der Waals surface area contributed by atoms with E-state index in [-0.39, 0.29) is 5.56 Å². The van der Waals surface area contributed by atoms with Crippen LogP contribution in [-0.4, -0.2) is 37.4 Å². The van der Waals surface area contributed by atoms with Crippen LogP contribution in [0.3, 0.4) is 0 Å². The van der Waals surface area contributed by atoms with E-state index in [0.29, 0.717) is 33.8 Å². The number of nitrogens with zero attached hydrogens (tertiary/aromatic N) is 1. The number of rotatable bonds is 5. The summed E-state index contributed by atoms with van der Waals surface area (Å²) in [7, 11) is 4.60. The van der Waals surface area contributed by atoms with Gasteiger partial charge in [-0.2, -0.15) is 0 Å². The van der Waals surface area contributed by atoms with Crippen LogP contribution in [0.2, 0.25) is 0 Å². The van der Waals surface area contributed by atoms with Crippen LogP contribution >= 0.6 is 0 Å². The molecule has 1 heterocycles. The predicted octanol–water partition coefficient (Wildman–Crippen LogP) is 3.63. The van der Waals surface area contributed by atoms with Gasteiger partial charge in [0.05, 0.1) is 43.5 Å². The van der Waals surface area contributed by atoms with Gasteiger partial charge in [0.25, 0.3) is 0 Å². The number of aromatic carboxylic acids is 1. The van der Waals surface area contributed by atoms with Crippen LogP contribution in [0.4, 0.5) is 0 Å². The van der Waals surface area contributed by atoms with Crippen molar-refractivity contribution in [1.82, 2.24) is 4.98 Å². The molecule has 0 aliphatic carbocycles. The standard InChI is InChI=1S/C19H17NO5/c1-23-12-6-4-11(5-7-12)15-10-14(19(21)22)18-16(20-15)8-13(24-2)9-17(18)25-3/h4-10H,1-3H3,(H,21,22). The summed E-state index contributed by atoms with van der Waals surface area (Å²) in [5, 5.41) is 10.1. The van der Waals surface area contributed by atoms with Gasteiger partial charge < -0.3 is 19.3 Å². The summed E-state index contributed by atoms with van der Waals surface area (Å²) in [4.78, 5) is 16.4. The zero-order valence-electron chi connectivity index (χ0n) is 14.1. The first-order chi connectivity index (χ1) is 12.1. The van der Waals surface area contributed by atoms with E-state index in [1.807, 2.05) is 12.1 Å². The minimum atomic E-state index is -1.05. The predicted molar refractivity (Wildman–Crippen MR) is 93.8 cm³/mol. The Morgan fingerprint density at radius 3 is 2.16 bits per heavy atom. The highest BCUT2D eigenvalue weighted by atomic mass is 16.5. The van der Waals surface area contributed by atoms with E-state index in [1.54, 1.807) is 37.4 Å². The topological polar surface area (TPSA) is 77.9 Å². The fourth-order valence-electron chi connectivity index (χ4n) is 2.66. The van der Waals surface area contributed by atoms with Crippen molar-refractivity contribution in [2.24, 2.45) is 0 Å². The number of carboxylic acids is 1. The third-order valence-electron chi connectivity index (χ3n) is 3.92. The molecule has 25 heavy (non-hydrogen) atoms. The van der Waals surface area contributed by atoms with Crippen molar-refractivity contribution < 1.29 is 24.1 Å². The van der Waals surface area contributed by atoms with E-state index < -0.39 is 5.97 Å². The molecule has 0 spiro atoms. The Morgan fingerprint density at radius 1 is 0.920 bits per heavy atom. The van der Waals surface area contributed by atoms with Crippen molar-refractivity contribution >= 4 is 16.9 Å². The highest BCUT2D eigenvalue weighted by Crippen LogP contribution is 2.35. The summed E-state index contributed by atoms with van der Waals surface area (Å²) in [6, 6.07) is 12.1. The molecule has 0 saturated carbocycles. The van der Waals surface area contributed by atoms with Gasteiger partial charge in [0.2, 0.25) is 0 Å². The quantitative estimate of drug-likeness (QED) is 0.765. The molecular formula is C19H17NO5. The van der Waals surface area contributed by atoms with Crippen LogP contribution < -0.4 is 14.2 Å². The number of hydrogen-bond donors (Lipinski definition) is 1. The van der Waals surface area contributed by atoms with Gasteiger partial charge in [0, 0.05) is 17.7 Å². The average molecular weight is 339 g/mol. The first-order valence-electron chi connectivity index (χ1n) is 7.52. The first kappa shape index (κ1) is 16.6. The average Bonchev–Trinajstić information content (AvgIpc) is 2.65. The third kappa shape index (κ3) is 3.06. The molecule has 2 aromatic carbocycles. The Balaban J connectivity index is 2.28. The number of benzene rings is 2. The van der Waals surface area contributed by atoms with E-state index in [4.69, 9.17) is 14.2 Å². The number of fused-ring (bicyclic) bond motifs is 1. The van der Waals surface area contributed by atoms with Gasteiger partial charge in [0.15, 0.2) is 0 Å². The molecule has 128 valence electrons. The summed E-state index contributed by atoms with van der Waals surface area (Å²) in [6.07, 6.45) is 0. The molecule has 1 N–H and O–H groups in total. The van der Waals surface area contributed by atoms with E-state index in [2.05, 4.69) is 4.98 Å². The number of pyridine rings is 1. The van der Waals surface area contributed by atoms with Crippen LogP contribution in [0.1, 0.15) is 10.4 Å². The highest BCUT2D eigenvalue weighted by Gasteiger charge is 2.18. The van der Waals surface area contributed by atoms with Gasteiger partial charge in [-0.05, 0) is 30.3 Å². The van der Waals surface area contributed by atoms with E-state index >= 15 is 0 Å². The molecule has 0 aliphatic heterocycles. The van der Waals surface area contributed by atoms with Gasteiger partial charge in [0.1, 0.15) is 17.2 Å². The Labute approximate surface area is 144 Å². The molecule has 3 rings (SSSR count). The normalized spacial score (nSPS) is 10.5. The lowest BCUT2D eigenvalue weighted by Crippen LogP contribution is -2.02. The summed E-state index contributed by atoms with van der Waals surface area (Å²) in [5.41, 5.74) is 1.94. The lowest BCUT2D eigenvalue weighted by atomic mass is 10.0. The van der Waals surface area contributed by atoms with Gasteiger partial charge in [-0.1, -0.05) is 0 Å². The molecule has 0 fully saturated rings. The molecule has 0 atom stereocenters. The van der Waals surface area contributed by atoms with Crippen molar-refractivity contribution in [2.75, 3.05) is 21.3 Å². The Morgan fingerprint density at radius 2 is 1.60 bits per heavy atom. The molecule has 0 saturated heterocycles.